The van der Waals surface area contributed by atoms with Crippen molar-refractivity contribution < 1.29 is 14.4 Å². The van der Waals surface area contributed by atoms with Crippen molar-refractivity contribution in [2.24, 2.45) is 7.05 Å². The Morgan fingerprint density at radius 3 is 2.54 bits per heavy atom. The van der Waals surface area contributed by atoms with Gasteiger partial charge < -0.3 is 9.69 Å². The van der Waals surface area contributed by atoms with Crippen molar-refractivity contribution in [2.45, 2.75) is 18.9 Å². The van der Waals surface area contributed by atoms with Crippen LogP contribution >= 0.6 is 0 Å². The lowest BCUT2D eigenvalue weighted by molar-refractivity contribution is -0.135. The van der Waals surface area contributed by atoms with Gasteiger partial charge in [-0.05, 0) is 24.6 Å². The SMILES string of the molecule is Cn1c(=O)n(C2CCC(=O)NC2=O)c2ccc(N3CCN(CC=O)CC3)cc21. The van der Waals surface area contributed by atoms with E-state index < -0.39 is 11.9 Å². The normalized spacial score (nSPS) is 21.2. The van der Waals surface area contributed by atoms with Crippen LogP contribution in [0.15, 0.2) is 23.0 Å². The second-order valence-electron chi connectivity index (χ2n) is 7.31. The molecule has 3 heterocycles. The standard InChI is InChI=1S/C19H23N5O4/c1-21-16-12-13(23-8-6-22(7-9-23)10-11-25)2-3-14(16)24(19(21)28)15-4-5-17(26)20-18(15)27/h2-3,11-12,15H,4-10H2,1H3,(H,20,26,27). The smallest absolute Gasteiger partial charge is 0.329 e. The van der Waals surface area contributed by atoms with Crippen molar-refractivity contribution in [3.8, 4) is 0 Å². The molecule has 1 aromatic heterocycles. The molecule has 9 heteroatoms. The number of amides is 2. The summed E-state index contributed by atoms with van der Waals surface area (Å²) < 4.78 is 3.04. The molecule has 2 aromatic rings. The van der Waals surface area contributed by atoms with Crippen LogP contribution in [0.2, 0.25) is 0 Å². The molecule has 1 atom stereocenters. The molecule has 9 nitrogen and oxygen atoms in total. The molecule has 1 aromatic carbocycles. The second-order valence-corrected chi connectivity index (χ2v) is 7.31. The van der Waals surface area contributed by atoms with Crippen molar-refractivity contribution in [3.05, 3.63) is 28.7 Å². The minimum atomic E-state index is -0.674. The van der Waals surface area contributed by atoms with Crippen molar-refractivity contribution in [1.82, 2.24) is 19.4 Å². The summed E-state index contributed by atoms with van der Waals surface area (Å²) in [6.45, 7) is 3.69. The Labute approximate surface area is 161 Å². The number of hydrogen-bond donors (Lipinski definition) is 1. The van der Waals surface area contributed by atoms with Gasteiger partial charge in [-0.1, -0.05) is 0 Å². The zero-order chi connectivity index (χ0) is 19.8. The van der Waals surface area contributed by atoms with Gasteiger partial charge in [0.2, 0.25) is 11.8 Å². The number of rotatable bonds is 4. The van der Waals surface area contributed by atoms with Gasteiger partial charge in [-0.3, -0.25) is 28.9 Å². The van der Waals surface area contributed by atoms with E-state index in [0.29, 0.717) is 18.5 Å². The van der Waals surface area contributed by atoms with Crippen LogP contribution in [0.5, 0.6) is 0 Å². The lowest BCUT2D eigenvalue weighted by Gasteiger charge is -2.35. The molecule has 1 unspecified atom stereocenters. The fourth-order valence-corrected chi connectivity index (χ4v) is 4.07. The van der Waals surface area contributed by atoms with Crippen LogP contribution in [0.3, 0.4) is 0 Å². The summed E-state index contributed by atoms with van der Waals surface area (Å²) in [4.78, 5) is 51.5. The van der Waals surface area contributed by atoms with Gasteiger partial charge in [-0.2, -0.15) is 0 Å². The molecule has 2 amide bonds. The highest BCUT2D eigenvalue weighted by molar-refractivity contribution is 6.00. The summed E-state index contributed by atoms with van der Waals surface area (Å²) in [6.07, 6.45) is 1.47. The average molecular weight is 385 g/mol. The van der Waals surface area contributed by atoms with Crippen molar-refractivity contribution in [1.29, 1.82) is 0 Å². The first-order chi connectivity index (χ1) is 13.5. The molecule has 148 valence electrons. The maximum Gasteiger partial charge on any atom is 0.329 e. The molecule has 28 heavy (non-hydrogen) atoms. The van der Waals surface area contributed by atoms with E-state index in [1.54, 1.807) is 11.6 Å². The Bertz CT molecular complexity index is 1000. The molecule has 2 fully saturated rings. The topological polar surface area (TPSA) is 96.6 Å². The summed E-state index contributed by atoms with van der Waals surface area (Å²) in [7, 11) is 1.69. The van der Waals surface area contributed by atoms with Crippen molar-refractivity contribution >= 4 is 34.8 Å². The van der Waals surface area contributed by atoms with Crippen LogP contribution in [0, 0.1) is 0 Å². The number of imide groups is 1. The molecule has 4 rings (SSSR count). The maximum absolute atomic E-state index is 12.8. The highest BCUT2D eigenvalue weighted by atomic mass is 16.2. The van der Waals surface area contributed by atoms with Crippen molar-refractivity contribution in [2.75, 3.05) is 37.6 Å². The number of nitrogens with one attached hydrogen (secondary N) is 1. The molecular formula is C19H23N5O4. The number of piperazine rings is 1. The number of benzene rings is 1. The summed E-state index contributed by atoms with van der Waals surface area (Å²) in [5.41, 5.74) is 2.18. The molecule has 2 aliphatic heterocycles. The monoisotopic (exact) mass is 385 g/mol. The van der Waals surface area contributed by atoms with Crippen LogP contribution in [0.4, 0.5) is 5.69 Å². The molecule has 0 spiro atoms. The Morgan fingerprint density at radius 1 is 1.11 bits per heavy atom. The fourth-order valence-electron chi connectivity index (χ4n) is 4.07. The van der Waals surface area contributed by atoms with E-state index in [4.69, 9.17) is 0 Å². The highest BCUT2D eigenvalue weighted by Crippen LogP contribution is 2.26. The summed E-state index contributed by atoms with van der Waals surface area (Å²) in [5.74, 6) is -0.730. The zero-order valence-electron chi connectivity index (χ0n) is 15.8. The largest absolute Gasteiger partial charge is 0.369 e. The van der Waals surface area contributed by atoms with Crippen LogP contribution in [-0.4, -0.2) is 64.9 Å². The number of aromatic nitrogens is 2. The molecule has 0 bridgehead atoms. The summed E-state index contributed by atoms with van der Waals surface area (Å²) in [6, 6.07) is 5.12. The number of anilines is 1. The molecular weight excluding hydrogens is 362 g/mol. The Balaban J connectivity index is 1.65. The molecule has 0 aliphatic carbocycles. The lowest BCUT2D eigenvalue weighted by atomic mass is 10.1. The molecule has 0 saturated carbocycles. The number of fused-ring (bicyclic) bond motifs is 1. The van der Waals surface area contributed by atoms with E-state index in [0.717, 1.165) is 43.7 Å². The van der Waals surface area contributed by atoms with Crippen LogP contribution in [-0.2, 0) is 21.4 Å². The van der Waals surface area contributed by atoms with E-state index in [1.165, 1.54) is 4.57 Å². The summed E-state index contributed by atoms with van der Waals surface area (Å²) >= 11 is 0. The molecule has 2 aliphatic rings. The van der Waals surface area contributed by atoms with E-state index >= 15 is 0 Å². The van der Waals surface area contributed by atoms with E-state index in [-0.39, 0.29) is 18.0 Å². The number of nitrogens with zero attached hydrogens (tertiary/aromatic N) is 4. The number of carbonyl (C=O) groups excluding carboxylic acids is 3. The van der Waals surface area contributed by atoms with Gasteiger partial charge in [-0.25, -0.2) is 4.79 Å². The third kappa shape index (κ3) is 3.11. The first-order valence-corrected chi connectivity index (χ1v) is 9.45. The predicted octanol–water partition coefficient (Wildman–Crippen LogP) is -0.361. The van der Waals surface area contributed by atoms with Gasteiger partial charge in [0.25, 0.3) is 0 Å². The number of piperidine rings is 1. The first-order valence-electron chi connectivity index (χ1n) is 9.45. The van der Waals surface area contributed by atoms with Crippen molar-refractivity contribution in [3.63, 3.8) is 0 Å². The number of aryl methyl sites for hydroxylation is 1. The number of imidazole rings is 1. The van der Waals surface area contributed by atoms with Crippen LogP contribution < -0.4 is 15.9 Å². The lowest BCUT2D eigenvalue weighted by Crippen LogP contribution is -2.46. The summed E-state index contributed by atoms with van der Waals surface area (Å²) in [5, 5.41) is 2.32. The van der Waals surface area contributed by atoms with Gasteiger partial charge in [0.1, 0.15) is 12.3 Å². The second kappa shape index (κ2) is 7.23. The van der Waals surface area contributed by atoms with Gasteiger partial charge >= 0.3 is 5.69 Å². The zero-order valence-corrected chi connectivity index (χ0v) is 15.8. The molecule has 1 N–H and O–H groups in total. The molecule has 2 saturated heterocycles. The quantitative estimate of drug-likeness (QED) is 0.570. The highest BCUT2D eigenvalue weighted by Gasteiger charge is 2.31. The van der Waals surface area contributed by atoms with Gasteiger partial charge in [0.05, 0.1) is 17.6 Å². The maximum atomic E-state index is 12.8. The first kappa shape index (κ1) is 18.4. The van der Waals surface area contributed by atoms with E-state index in [1.807, 2.05) is 18.2 Å². The Morgan fingerprint density at radius 2 is 1.86 bits per heavy atom. The van der Waals surface area contributed by atoms with Crippen LogP contribution in [0.1, 0.15) is 18.9 Å². The Hall–Kier alpha value is -2.94. The number of hydrogen-bond acceptors (Lipinski definition) is 6. The third-order valence-corrected chi connectivity index (χ3v) is 5.66. The van der Waals surface area contributed by atoms with Crippen LogP contribution in [0.25, 0.3) is 11.0 Å². The predicted molar refractivity (Wildman–Crippen MR) is 103 cm³/mol. The van der Waals surface area contributed by atoms with Gasteiger partial charge in [0.15, 0.2) is 0 Å². The average Bonchev–Trinajstić information content (AvgIpc) is 2.93. The van der Waals surface area contributed by atoms with E-state index in [2.05, 4.69) is 15.1 Å². The van der Waals surface area contributed by atoms with Gasteiger partial charge in [0, 0.05) is 45.3 Å². The molecule has 0 radical (unpaired) electrons. The number of carbonyl (C=O) groups is 3. The minimum absolute atomic E-state index is 0.225. The van der Waals surface area contributed by atoms with Gasteiger partial charge in [-0.15, -0.1) is 0 Å². The fraction of sp³-hybridized carbons (Fsp3) is 0.474. The minimum Gasteiger partial charge on any atom is -0.369 e. The Kier molecular flexibility index (Phi) is 4.76. The third-order valence-electron chi connectivity index (χ3n) is 5.66. The number of aldehydes is 1. The van der Waals surface area contributed by atoms with E-state index in [9.17, 15) is 19.2 Å².